The van der Waals surface area contributed by atoms with Crippen molar-refractivity contribution >= 4 is 22.6 Å². The molecule has 3 aromatic heterocycles. The van der Waals surface area contributed by atoms with E-state index >= 15 is 0 Å². The van der Waals surface area contributed by atoms with Gasteiger partial charge in [-0.1, -0.05) is 11.6 Å². The average molecular weight is 310 g/mol. The molecule has 1 aromatic carbocycles. The second-order valence-electron chi connectivity index (χ2n) is 5.09. The highest BCUT2D eigenvalue weighted by atomic mass is 35.5. The molecular formula is C17H12ClN3O. The molecule has 0 fully saturated rings. The summed E-state index contributed by atoms with van der Waals surface area (Å²) in [4.78, 5) is 4.03. The van der Waals surface area contributed by atoms with Crippen LogP contribution in [0.25, 0.3) is 27.9 Å². The Morgan fingerprint density at radius 2 is 2.00 bits per heavy atom. The van der Waals surface area contributed by atoms with Gasteiger partial charge in [0.1, 0.15) is 10.7 Å². The Hall–Kier alpha value is -2.59. The molecule has 108 valence electrons. The van der Waals surface area contributed by atoms with Gasteiger partial charge in [0.25, 0.3) is 0 Å². The van der Waals surface area contributed by atoms with E-state index in [0.717, 1.165) is 33.6 Å². The van der Waals surface area contributed by atoms with Gasteiger partial charge in [-0.2, -0.15) is 5.10 Å². The smallest absolute Gasteiger partial charge is 0.134 e. The summed E-state index contributed by atoms with van der Waals surface area (Å²) < 4.78 is 7.30. The van der Waals surface area contributed by atoms with Gasteiger partial charge in [0.2, 0.25) is 0 Å². The molecule has 4 nitrogen and oxygen atoms in total. The molecule has 0 aliphatic carbocycles. The minimum atomic E-state index is 0.466. The molecule has 0 saturated carbocycles. The molecule has 22 heavy (non-hydrogen) atoms. The SMILES string of the molecule is Cc1cc(-c2ccnc(Cl)c2)n(-c2ccc3occc3c2)n1. The fourth-order valence-corrected chi connectivity index (χ4v) is 2.72. The fraction of sp³-hybridized carbons (Fsp3) is 0.0588. The maximum absolute atomic E-state index is 6.01. The number of furan rings is 1. The third kappa shape index (κ3) is 2.18. The monoisotopic (exact) mass is 309 g/mol. The first-order valence-corrected chi connectivity index (χ1v) is 7.25. The molecule has 0 aliphatic rings. The zero-order valence-electron chi connectivity index (χ0n) is 11.8. The topological polar surface area (TPSA) is 43.9 Å². The van der Waals surface area contributed by atoms with Crippen molar-refractivity contribution in [3.63, 3.8) is 0 Å². The van der Waals surface area contributed by atoms with Gasteiger partial charge in [-0.15, -0.1) is 0 Å². The predicted octanol–water partition coefficient (Wildman–Crippen LogP) is 4.64. The lowest BCUT2D eigenvalue weighted by Gasteiger charge is -2.08. The van der Waals surface area contributed by atoms with E-state index in [1.54, 1.807) is 12.5 Å². The van der Waals surface area contributed by atoms with Gasteiger partial charge in [-0.3, -0.25) is 0 Å². The van der Waals surface area contributed by atoms with Gasteiger partial charge >= 0.3 is 0 Å². The summed E-state index contributed by atoms with van der Waals surface area (Å²) in [6.07, 6.45) is 3.38. The molecule has 0 unspecified atom stereocenters. The number of benzene rings is 1. The van der Waals surface area contributed by atoms with Crippen molar-refractivity contribution in [1.29, 1.82) is 0 Å². The van der Waals surface area contributed by atoms with E-state index in [1.165, 1.54) is 0 Å². The van der Waals surface area contributed by atoms with Crippen molar-refractivity contribution in [2.75, 3.05) is 0 Å². The van der Waals surface area contributed by atoms with E-state index in [2.05, 4.69) is 16.1 Å². The molecule has 0 bridgehead atoms. The van der Waals surface area contributed by atoms with Crippen molar-refractivity contribution in [3.8, 4) is 16.9 Å². The van der Waals surface area contributed by atoms with Crippen molar-refractivity contribution in [2.24, 2.45) is 0 Å². The number of hydrogen-bond acceptors (Lipinski definition) is 3. The number of pyridine rings is 1. The highest BCUT2D eigenvalue weighted by Gasteiger charge is 2.11. The molecule has 0 radical (unpaired) electrons. The van der Waals surface area contributed by atoms with Crippen LogP contribution in [0.1, 0.15) is 5.69 Å². The summed E-state index contributed by atoms with van der Waals surface area (Å²) in [5.74, 6) is 0. The van der Waals surface area contributed by atoms with Gasteiger partial charge in [0.15, 0.2) is 0 Å². The van der Waals surface area contributed by atoms with Crippen LogP contribution in [-0.4, -0.2) is 14.8 Å². The standard InChI is InChI=1S/C17H12ClN3O/c1-11-8-15(12-4-6-19-17(18)10-12)21(20-11)14-2-3-16-13(9-14)5-7-22-16/h2-10H,1H3. The third-order valence-corrected chi connectivity index (χ3v) is 3.74. The van der Waals surface area contributed by atoms with E-state index in [-0.39, 0.29) is 0 Å². The number of fused-ring (bicyclic) bond motifs is 1. The van der Waals surface area contributed by atoms with Crippen molar-refractivity contribution in [2.45, 2.75) is 6.92 Å². The molecular weight excluding hydrogens is 298 g/mol. The largest absolute Gasteiger partial charge is 0.464 e. The lowest BCUT2D eigenvalue weighted by atomic mass is 10.1. The van der Waals surface area contributed by atoms with Crippen LogP contribution in [0, 0.1) is 6.92 Å². The van der Waals surface area contributed by atoms with Crippen LogP contribution in [0.2, 0.25) is 5.15 Å². The quantitative estimate of drug-likeness (QED) is 0.507. The summed E-state index contributed by atoms with van der Waals surface area (Å²) in [6, 6.07) is 13.7. The van der Waals surface area contributed by atoms with Crippen LogP contribution >= 0.6 is 11.6 Å². The summed E-state index contributed by atoms with van der Waals surface area (Å²) in [5, 5.41) is 6.11. The Bertz CT molecular complexity index is 971. The second kappa shape index (κ2) is 5.00. The van der Waals surface area contributed by atoms with Crippen molar-refractivity contribution in [1.82, 2.24) is 14.8 Å². The van der Waals surface area contributed by atoms with Gasteiger partial charge in [-0.05, 0) is 49.4 Å². The number of halogens is 1. The molecule has 4 rings (SSSR count). The fourth-order valence-electron chi connectivity index (χ4n) is 2.55. The van der Waals surface area contributed by atoms with Gasteiger partial charge in [-0.25, -0.2) is 9.67 Å². The van der Waals surface area contributed by atoms with E-state index in [4.69, 9.17) is 16.0 Å². The summed E-state index contributed by atoms with van der Waals surface area (Å²) >= 11 is 6.01. The number of aromatic nitrogens is 3. The first kappa shape index (κ1) is 13.1. The molecule has 0 amide bonds. The van der Waals surface area contributed by atoms with Gasteiger partial charge < -0.3 is 4.42 Å². The first-order valence-electron chi connectivity index (χ1n) is 6.87. The van der Waals surface area contributed by atoms with E-state index in [9.17, 15) is 0 Å². The Balaban J connectivity index is 1.91. The Morgan fingerprint density at radius 1 is 1.09 bits per heavy atom. The van der Waals surface area contributed by atoms with Crippen LogP contribution < -0.4 is 0 Å². The Morgan fingerprint density at radius 3 is 2.86 bits per heavy atom. The number of rotatable bonds is 2. The number of nitrogens with zero attached hydrogens (tertiary/aromatic N) is 3. The van der Waals surface area contributed by atoms with Crippen LogP contribution in [0.3, 0.4) is 0 Å². The zero-order valence-corrected chi connectivity index (χ0v) is 12.6. The summed E-state index contributed by atoms with van der Waals surface area (Å²) in [7, 11) is 0. The average Bonchev–Trinajstić information content (AvgIpc) is 3.12. The van der Waals surface area contributed by atoms with E-state index in [1.807, 2.05) is 48.0 Å². The molecule has 3 heterocycles. The summed E-state index contributed by atoms with van der Waals surface area (Å²) in [6.45, 7) is 1.97. The molecule has 0 saturated heterocycles. The highest BCUT2D eigenvalue weighted by molar-refractivity contribution is 6.29. The normalized spacial score (nSPS) is 11.2. The van der Waals surface area contributed by atoms with Gasteiger partial charge in [0.05, 0.1) is 23.3 Å². The molecule has 0 atom stereocenters. The van der Waals surface area contributed by atoms with Crippen molar-refractivity contribution in [3.05, 3.63) is 65.8 Å². The minimum absolute atomic E-state index is 0.466. The Labute approximate surface area is 132 Å². The maximum Gasteiger partial charge on any atom is 0.134 e. The molecule has 4 aromatic rings. The van der Waals surface area contributed by atoms with E-state index < -0.39 is 0 Å². The van der Waals surface area contributed by atoms with Crippen LogP contribution in [-0.2, 0) is 0 Å². The second-order valence-corrected chi connectivity index (χ2v) is 5.48. The molecule has 0 aliphatic heterocycles. The van der Waals surface area contributed by atoms with Crippen molar-refractivity contribution < 1.29 is 4.42 Å². The zero-order chi connectivity index (χ0) is 15.1. The molecule has 0 spiro atoms. The predicted molar refractivity (Wildman–Crippen MR) is 86.3 cm³/mol. The van der Waals surface area contributed by atoms with Crippen LogP contribution in [0.4, 0.5) is 0 Å². The number of hydrogen-bond donors (Lipinski definition) is 0. The lowest BCUT2D eigenvalue weighted by Crippen LogP contribution is -1.99. The first-order chi connectivity index (χ1) is 10.7. The van der Waals surface area contributed by atoms with Crippen LogP contribution in [0.5, 0.6) is 0 Å². The lowest BCUT2D eigenvalue weighted by molar-refractivity contribution is 0.616. The number of aryl methyl sites for hydroxylation is 1. The van der Waals surface area contributed by atoms with E-state index in [0.29, 0.717) is 5.15 Å². The third-order valence-electron chi connectivity index (χ3n) is 3.53. The summed E-state index contributed by atoms with van der Waals surface area (Å²) in [5.41, 5.74) is 4.74. The molecule has 5 heteroatoms. The van der Waals surface area contributed by atoms with Gasteiger partial charge in [0, 0.05) is 17.1 Å². The van der Waals surface area contributed by atoms with Crippen LogP contribution in [0.15, 0.2) is 59.3 Å². The minimum Gasteiger partial charge on any atom is -0.464 e. The Kier molecular flexibility index (Phi) is 2.98. The molecule has 0 N–H and O–H groups in total. The highest BCUT2D eigenvalue weighted by Crippen LogP contribution is 2.27. The maximum atomic E-state index is 6.01.